The van der Waals surface area contributed by atoms with Crippen LogP contribution in [0.25, 0.3) is 17.1 Å². The second kappa shape index (κ2) is 11.2. The SMILES string of the molecule is COc1ccc(C2CC(c3cccs3)=NN2C(=O)COC(=O)C=Cc2cnc3ccccc3n2)cc1OC. The number of nitrogens with zero attached hydrogens (tertiary/aromatic N) is 4. The maximum atomic E-state index is 13.2. The lowest BCUT2D eigenvalue weighted by molar-refractivity contribution is -0.149. The number of esters is 1. The number of aromatic nitrogens is 2. The van der Waals surface area contributed by atoms with Crippen LogP contribution in [-0.2, 0) is 14.3 Å². The van der Waals surface area contributed by atoms with E-state index < -0.39 is 18.5 Å². The van der Waals surface area contributed by atoms with Gasteiger partial charge in [-0.25, -0.2) is 14.8 Å². The first-order chi connectivity index (χ1) is 18.6. The van der Waals surface area contributed by atoms with E-state index >= 15 is 0 Å². The molecule has 192 valence electrons. The lowest BCUT2D eigenvalue weighted by Gasteiger charge is -2.22. The van der Waals surface area contributed by atoms with E-state index in [-0.39, 0.29) is 6.04 Å². The normalized spacial score (nSPS) is 15.1. The van der Waals surface area contributed by atoms with Gasteiger partial charge in [-0.05, 0) is 47.4 Å². The highest BCUT2D eigenvalue weighted by atomic mass is 32.1. The number of fused-ring (bicyclic) bond motifs is 1. The highest BCUT2D eigenvalue weighted by Gasteiger charge is 2.34. The molecule has 1 amide bonds. The number of hydrogen-bond donors (Lipinski definition) is 0. The van der Waals surface area contributed by atoms with E-state index in [0.29, 0.717) is 29.1 Å². The fraction of sp³-hybridized carbons (Fsp3) is 0.179. The van der Waals surface area contributed by atoms with Crippen LogP contribution in [0, 0.1) is 0 Å². The quantitative estimate of drug-likeness (QED) is 0.242. The van der Waals surface area contributed by atoms with Gasteiger partial charge in [0.05, 0.1) is 53.8 Å². The Morgan fingerprint density at radius 2 is 1.87 bits per heavy atom. The van der Waals surface area contributed by atoms with Crippen LogP contribution in [0.3, 0.4) is 0 Å². The number of amides is 1. The molecular weight excluding hydrogens is 504 g/mol. The number of benzene rings is 2. The Morgan fingerprint density at radius 3 is 2.63 bits per heavy atom. The molecule has 0 bridgehead atoms. The van der Waals surface area contributed by atoms with Gasteiger partial charge in [-0.1, -0.05) is 24.3 Å². The molecule has 0 aliphatic carbocycles. The van der Waals surface area contributed by atoms with Crippen molar-refractivity contribution in [3.05, 3.63) is 88.4 Å². The van der Waals surface area contributed by atoms with Gasteiger partial charge in [-0.3, -0.25) is 9.78 Å². The summed E-state index contributed by atoms with van der Waals surface area (Å²) in [5.74, 6) is 0.0277. The van der Waals surface area contributed by atoms with E-state index in [9.17, 15) is 9.59 Å². The summed E-state index contributed by atoms with van der Waals surface area (Å²) >= 11 is 1.55. The molecule has 0 saturated heterocycles. The van der Waals surface area contributed by atoms with Crippen molar-refractivity contribution in [3.63, 3.8) is 0 Å². The molecule has 1 aliphatic heterocycles. The molecule has 1 unspecified atom stereocenters. The molecule has 3 heterocycles. The predicted octanol–water partition coefficient (Wildman–Crippen LogP) is 4.64. The molecule has 5 rings (SSSR count). The van der Waals surface area contributed by atoms with E-state index in [4.69, 9.17) is 14.2 Å². The minimum absolute atomic E-state index is 0.387. The number of ether oxygens (including phenoxy) is 3. The third-order valence-electron chi connectivity index (χ3n) is 5.96. The lowest BCUT2D eigenvalue weighted by Crippen LogP contribution is -2.31. The topological polar surface area (TPSA) is 103 Å². The summed E-state index contributed by atoms with van der Waals surface area (Å²) < 4.78 is 16.0. The molecule has 38 heavy (non-hydrogen) atoms. The van der Waals surface area contributed by atoms with Crippen LogP contribution in [0.5, 0.6) is 11.5 Å². The molecule has 2 aromatic heterocycles. The summed E-state index contributed by atoms with van der Waals surface area (Å²) in [6, 6.07) is 16.4. The third-order valence-corrected chi connectivity index (χ3v) is 6.88. The first-order valence-electron chi connectivity index (χ1n) is 11.8. The van der Waals surface area contributed by atoms with Crippen LogP contribution >= 0.6 is 11.3 Å². The van der Waals surface area contributed by atoms with E-state index in [1.54, 1.807) is 37.8 Å². The van der Waals surface area contributed by atoms with Crippen molar-refractivity contribution >= 4 is 46.0 Å². The summed E-state index contributed by atoms with van der Waals surface area (Å²) in [5, 5.41) is 7.94. The van der Waals surface area contributed by atoms with Crippen LogP contribution in [0.15, 0.2) is 77.4 Å². The number of hydrogen-bond acceptors (Lipinski definition) is 9. The molecule has 0 spiro atoms. The Balaban J connectivity index is 1.30. The average molecular weight is 529 g/mol. The van der Waals surface area contributed by atoms with Crippen molar-refractivity contribution in [1.82, 2.24) is 15.0 Å². The largest absolute Gasteiger partial charge is 0.493 e. The van der Waals surface area contributed by atoms with Crippen molar-refractivity contribution in [2.75, 3.05) is 20.8 Å². The molecule has 9 nitrogen and oxygen atoms in total. The van der Waals surface area contributed by atoms with E-state index in [0.717, 1.165) is 21.7 Å². The number of para-hydroxylation sites is 2. The van der Waals surface area contributed by atoms with Crippen LogP contribution in [0.4, 0.5) is 0 Å². The molecule has 1 aliphatic rings. The third kappa shape index (κ3) is 5.40. The van der Waals surface area contributed by atoms with Gasteiger partial charge in [-0.15, -0.1) is 11.3 Å². The van der Waals surface area contributed by atoms with Crippen molar-refractivity contribution in [2.45, 2.75) is 12.5 Å². The number of hydrazone groups is 1. The minimum atomic E-state index is -0.669. The van der Waals surface area contributed by atoms with Crippen molar-refractivity contribution < 1.29 is 23.8 Å². The molecule has 0 fully saturated rings. The molecule has 1 atom stereocenters. The highest BCUT2D eigenvalue weighted by molar-refractivity contribution is 7.12. The first-order valence-corrected chi connectivity index (χ1v) is 12.7. The van der Waals surface area contributed by atoms with Crippen molar-refractivity contribution in [2.24, 2.45) is 5.10 Å². The summed E-state index contributed by atoms with van der Waals surface area (Å²) in [4.78, 5) is 35.3. The van der Waals surface area contributed by atoms with Gasteiger partial charge in [0, 0.05) is 12.5 Å². The first kappa shape index (κ1) is 25.1. The second-order valence-corrected chi connectivity index (χ2v) is 9.27. The Morgan fingerprint density at radius 1 is 1.05 bits per heavy atom. The van der Waals surface area contributed by atoms with Gasteiger partial charge in [0.25, 0.3) is 5.91 Å². The van der Waals surface area contributed by atoms with Crippen LogP contribution < -0.4 is 9.47 Å². The molecule has 0 radical (unpaired) electrons. The summed E-state index contributed by atoms with van der Waals surface area (Å²) in [6.07, 6.45) is 4.80. The molecule has 10 heteroatoms. The number of carbonyl (C=O) groups excluding carboxylic acids is 2. The van der Waals surface area contributed by atoms with Crippen molar-refractivity contribution in [3.8, 4) is 11.5 Å². The maximum Gasteiger partial charge on any atom is 0.331 e. The molecule has 4 aromatic rings. The monoisotopic (exact) mass is 528 g/mol. The standard InChI is InChI=1S/C28H24N4O5S/c1-35-24-11-9-18(14-25(24)36-2)23-15-22(26-8-5-13-38-26)31-32(23)27(33)17-37-28(34)12-10-19-16-29-20-6-3-4-7-21(20)30-19/h3-14,16,23H,15,17H2,1-2H3. The van der Waals surface area contributed by atoms with Crippen LogP contribution in [0.1, 0.15) is 28.6 Å². The number of rotatable bonds is 8. The maximum absolute atomic E-state index is 13.2. The van der Waals surface area contributed by atoms with Crippen LogP contribution in [-0.4, -0.2) is 53.4 Å². The number of thiophene rings is 1. The predicted molar refractivity (Wildman–Crippen MR) is 144 cm³/mol. The molecular formula is C28H24N4O5S. The van der Waals surface area contributed by atoms with Gasteiger partial charge in [-0.2, -0.15) is 5.10 Å². The van der Waals surface area contributed by atoms with Gasteiger partial charge < -0.3 is 14.2 Å². The Hall–Kier alpha value is -4.57. The average Bonchev–Trinajstić information content (AvgIpc) is 3.65. The Bertz CT molecular complexity index is 1530. The zero-order valence-electron chi connectivity index (χ0n) is 20.7. The highest BCUT2D eigenvalue weighted by Crippen LogP contribution is 2.37. The minimum Gasteiger partial charge on any atom is -0.493 e. The van der Waals surface area contributed by atoms with E-state index in [2.05, 4.69) is 15.1 Å². The summed E-state index contributed by atoms with van der Waals surface area (Å²) in [5.41, 5.74) is 3.59. The van der Waals surface area contributed by atoms with Gasteiger partial charge in [0.1, 0.15) is 0 Å². The molecule has 2 aromatic carbocycles. The van der Waals surface area contributed by atoms with Gasteiger partial charge in [0.2, 0.25) is 0 Å². The van der Waals surface area contributed by atoms with Gasteiger partial charge in [0.15, 0.2) is 18.1 Å². The molecule has 0 saturated carbocycles. The Kier molecular flexibility index (Phi) is 7.41. The van der Waals surface area contributed by atoms with E-state index in [1.165, 1.54) is 17.2 Å². The summed E-state index contributed by atoms with van der Waals surface area (Å²) in [7, 11) is 3.12. The molecule has 0 N–H and O–H groups in total. The number of methoxy groups -OCH3 is 2. The van der Waals surface area contributed by atoms with Crippen molar-refractivity contribution in [1.29, 1.82) is 0 Å². The van der Waals surface area contributed by atoms with E-state index in [1.807, 2.05) is 53.9 Å². The number of carbonyl (C=O) groups is 2. The lowest BCUT2D eigenvalue weighted by atomic mass is 10.0. The Labute approximate surface area is 223 Å². The fourth-order valence-corrected chi connectivity index (χ4v) is 4.82. The smallest absolute Gasteiger partial charge is 0.331 e. The summed E-state index contributed by atoms with van der Waals surface area (Å²) in [6.45, 7) is -0.461. The second-order valence-electron chi connectivity index (χ2n) is 8.32. The fourth-order valence-electron chi connectivity index (χ4n) is 4.10. The zero-order valence-corrected chi connectivity index (χ0v) is 21.6. The zero-order chi connectivity index (χ0) is 26.5. The van der Waals surface area contributed by atoms with Crippen LogP contribution in [0.2, 0.25) is 0 Å². The van der Waals surface area contributed by atoms with Gasteiger partial charge >= 0.3 is 5.97 Å².